The number of rotatable bonds is 5. The Morgan fingerprint density at radius 1 is 0.280 bits per heavy atom. The molecular formula is C112H149N10O3+5. The number of nitrogens with zero attached hydrogens (tertiary/aromatic N) is 10. The van der Waals surface area contributed by atoms with Gasteiger partial charge in [-0.1, -0.05) is 269 Å². The number of imidazole rings is 2. The van der Waals surface area contributed by atoms with E-state index in [-0.39, 0.29) is 0 Å². The van der Waals surface area contributed by atoms with Crippen LogP contribution in [0.2, 0.25) is 0 Å². The molecule has 0 aliphatic carbocycles. The molecule has 12 heterocycles. The number of benzene rings is 7. The zero-order chi connectivity index (χ0) is 93.4. The third-order valence-corrected chi connectivity index (χ3v) is 19.2. The zero-order valence-electron chi connectivity index (χ0n) is 82.3. The van der Waals surface area contributed by atoms with E-state index in [1.54, 1.807) is 24.8 Å². The van der Waals surface area contributed by atoms with Crippen molar-refractivity contribution in [3.8, 4) is 50.8 Å². The topological polar surface area (TPSA) is 107 Å². The van der Waals surface area contributed by atoms with Crippen LogP contribution < -0.4 is 22.8 Å². The lowest BCUT2D eigenvalue weighted by Gasteiger charge is -2.06. The maximum absolute atomic E-state index is 6.12. The van der Waals surface area contributed by atoms with E-state index in [0.717, 1.165) is 99.7 Å². The highest BCUT2D eigenvalue weighted by atomic mass is 16.3. The molecule has 13 nitrogen and oxygen atoms in total. The van der Waals surface area contributed by atoms with Crippen LogP contribution in [0, 0.1) is 34.6 Å². The van der Waals surface area contributed by atoms with Gasteiger partial charge in [0.2, 0.25) is 17.1 Å². The average Bonchev–Trinajstić information content (AvgIpc) is 1.71. The summed E-state index contributed by atoms with van der Waals surface area (Å²) in [6, 6.07) is 73.2. The fourth-order valence-corrected chi connectivity index (χ4v) is 14.1. The molecule has 0 amide bonds. The molecule has 0 atom stereocenters. The predicted octanol–water partition coefficient (Wildman–Crippen LogP) is 30.3. The molecule has 0 unspecified atom stereocenters. The number of fused-ring (bicyclic) bond motifs is 15. The first-order chi connectivity index (χ1) is 61.3. The van der Waals surface area contributed by atoms with Crippen LogP contribution in [0.1, 0.15) is 194 Å². The molecule has 0 fully saturated rings. The van der Waals surface area contributed by atoms with Crippen LogP contribution >= 0.6 is 0 Å². The Bertz CT molecular complexity index is 5930. The van der Waals surface area contributed by atoms with Gasteiger partial charge in [-0.25, -0.2) is 22.8 Å². The van der Waals surface area contributed by atoms with Gasteiger partial charge < -0.3 is 13.3 Å². The average molecular weight is 1680 g/mol. The van der Waals surface area contributed by atoms with Crippen LogP contribution in [0.15, 0.2) is 300 Å². The summed E-state index contributed by atoms with van der Waals surface area (Å²) in [7, 11) is 10.3. The highest BCUT2D eigenvalue weighted by molar-refractivity contribution is 6.13. The molecule has 0 aliphatic rings. The van der Waals surface area contributed by atoms with Crippen molar-refractivity contribution in [2.75, 3.05) is 0 Å². The van der Waals surface area contributed by atoms with Crippen molar-refractivity contribution in [1.82, 2.24) is 23.9 Å². The molecular weight excluding hydrogens is 1530 g/mol. The van der Waals surface area contributed by atoms with Gasteiger partial charge in [0.25, 0.3) is 11.5 Å². The summed E-state index contributed by atoms with van der Waals surface area (Å²) < 4.78 is 33.5. The van der Waals surface area contributed by atoms with Gasteiger partial charge in [-0.3, -0.25) is 15.0 Å². The molecule has 660 valence electrons. The van der Waals surface area contributed by atoms with Crippen molar-refractivity contribution in [3.05, 3.63) is 315 Å². The first-order valence-electron chi connectivity index (χ1n) is 45.9. The van der Waals surface area contributed by atoms with Gasteiger partial charge in [0.05, 0.1) is 47.9 Å². The molecule has 19 aromatic rings. The van der Waals surface area contributed by atoms with Gasteiger partial charge in [-0.15, -0.1) is 0 Å². The molecule has 0 bridgehead atoms. The second-order valence-corrected chi connectivity index (χ2v) is 25.8. The summed E-state index contributed by atoms with van der Waals surface area (Å²) in [6.07, 6.45) is 23.6. The summed E-state index contributed by atoms with van der Waals surface area (Å²) in [5.41, 5.74) is 24.3. The van der Waals surface area contributed by atoms with Crippen molar-refractivity contribution in [3.63, 3.8) is 0 Å². The number of hydrogen-bond acceptors (Lipinski definition) is 6. The molecule has 12 aromatic heterocycles. The van der Waals surface area contributed by atoms with Crippen LogP contribution in [0.4, 0.5) is 0 Å². The molecule has 19 rings (SSSR count). The van der Waals surface area contributed by atoms with Crippen molar-refractivity contribution < 1.29 is 36.1 Å². The van der Waals surface area contributed by atoms with Crippen LogP contribution in [-0.2, 0) is 35.2 Å². The van der Waals surface area contributed by atoms with Gasteiger partial charge >= 0.3 is 0 Å². The largest absolute Gasteiger partial charge is 0.455 e. The maximum atomic E-state index is 6.12. The van der Waals surface area contributed by atoms with Crippen molar-refractivity contribution in [2.24, 2.45) is 35.2 Å². The Hall–Kier alpha value is -12.7. The minimum absolute atomic E-state index is 0.831. The van der Waals surface area contributed by atoms with E-state index in [0.29, 0.717) is 0 Å². The molecule has 0 aliphatic heterocycles. The normalized spacial score (nSPS) is 9.68. The van der Waals surface area contributed by atoms with Crippen molar-refractivity contribution >= 4 is 93.3 Å². The van der Waals surface area contributed by atoms with E-state index in [9.17, 15) is 0 Å². The lowest BCUT2D eigenvalue weighted by atomic mass is 10.0. The number of para-hydroxylation sites is 2. The van der Waals surface area contributed by atoms with Crippen molar-refractivity contribution in [2.45, 2.75) is 201 Å². The number of hydrogen-bond donors (Lipinski definition) is 0. The summed E-state index contributed by atoms with van der Waals surface area (Å²) in [5.74, 6) is 1.20. The first-order valence-corrected chi connectivity index (χ1v) is 45.9. The van der Waals surface area contributed by atoms with Gasteiger partial charge in [0.1, 0.15) is 79.4 Å². The second kappa shape index (κ2) is 56.8. The molecule has 0 spiro atoms. The van der Waals surface area contributed by atoms with Crippen molar-refractivity contribution in [1.29, 1.82) is 0 Å². The van der Waals surface area contributed by atoms with Gasteiger partial charge in [-0.05, 0) is 135 Å². The summed E-state index contributed by atoms with van der Waals surface area (Å²) in [5, 5.41) is 9.47. The number of furan rings is 3. The second-order valence-electron chi connectivity index (χ2n) is 25.8. The predicted molar refractivity (Wildman–Crippen MR) is 540 cm³/mol. The van der Waals surface area contributed by atoms with E-state index in [1.807, 2.05) is 221 Å². The number of pyridine rings is 7. The maximum Gasteiger partial charge on any atom is 0.294 e. The van der Waals surface area contributed by atoms with Gasteiger partial charge in [0, 0.05) is 98.9 Å². The van der Waals surface area contributed by atoms with E-state index in [1.165, 1.54) is 72.2 Å². The van der Waals surface area contributed by atoms with E-state index in [2.05, 4.69) is 324 Å². The van der Waals surface area contributed by atoms with Gasteiger partial charge in [-0.2, -0.15) is 8.97 Å². The fraction of sp³-hybridized carbons (Fsp3) is 0.304. The zero-order valence-corrected chi connectivity index (χ0v) is 82.3. The molecule has 0 N–H and O–H groups in total. The summed E-state index contributed by atoms with van der Waals surface area (Å²) in [6.45, 7) is 58.7. The third-order valence-electron chi connectivity index (χ3n) is 19.2. The molecule has 125 heavy (non-hydrogen) atoms. The highest BCUT2D eigenvalue weighted by Crippen LogP contribution is 2.40. The first kappa shape index (κ1) is 106. The minimum atomic E-state index is 0.831. The van der Waals surface area contributed by atoms with Crippen LogP contribution in [-0.4, -0.2) is 23.9 Å². The fourth-order valence-electron chi connectivity index (χ4n) is 14.1. The summed E-state index contributed by atoms with van der Waals surface area (Å²) >= 11 is 0. The molecule has 0 radical (unpaired) electrons. The Morgan fingerprint density at radius 2 is 0.712 bits per heavy atom. The molecule has 0 saturated carbocycles. The number of aromatic nitrogens is 10. The monoisotopic (exact) mass is 1680 g/mol. The quantitative estimate of drug-likeness (QED) is 0.125. The minimum Gasteiger partial charge on any atom is -0.455 e. The SMILES string of the molecule is CC.CC.CC.CC.CC.CC.CC.CC.CC.CC.CC.CC.Cc1ccc2c(oc3cccnc32)c1-c1cccc[n+]1C.Cc1ccc2c(oc3ccncc32)c1-c1cccc[n+]1C.Cc1ccc2c(oc3cnccc32)c1-c1cccc[n+]1C.Cc1cccc2c3ccccc3n3cc[n+](C)c3c12.Cc1ccccc1-c1n(-c2ccccc2)cc[n+]1C. The van der Waals surface area contributed by atoms with Crippen LogP contribution in [0.25, 0.3) is 144 Å². The third kappa shape index (κ3) is 25.1. The molecule has 7 aromatic carbocycles. The lowest BCUT2D eigenvalue weighted by molar-refractivity contribution is -0.660. The Morgan fingerprint density at radius 3 is 1.25 bits per heavy atom. The van der Waals surface area contributed by atoms with Crippen LogP contribution in [0.3, 0.4) is 0 Å². The van der Waals surface area contributed by atoms with E-state index < -0.39 is 0 Å². The smallest absolute Gasteiger partial charge is 0.294 e. The van der Waals surface area contributed by atoms with E-state index in [4.69, 9.17) is 13.3 Å². The molecule has 0 saturated heterocycles. The molecule has 13 heteroatoms. The van der Waals surface area contributed by atoms with E-state index >= 15 is 0 Å². The lowest BCUT2D eigenvalue weighted by Crippen LogP contribution is -2.30. The Labute approximate surface area is 750 Å². The Kier molecular flexibility index (Phi) is 48.4. The highest BCUT2D eigenvalue weighted by Gasteiger charge is 2.25. The number of aryl methyl sites for hydroxylation is 10. The standard InChI is InChI=1S/3C18H15N2O.C17H15N2.C17H17N2.12C2H6/c1-12-8-9-13-17-15(7-5-10-19-17)21-18(13)16(12)14-6-3-4-11-20(14)2;1-12-6-7-14-13-8-9-19-11-16(13)21-18(14)17(12)15-5-3-4-10-20(15)2;1-12-6-7-13-14-11-19-9-8-16(14)21-18(13)17(12)15-5-3-4-10-20(15)2;1-12-6-5-8-14-13-7-3-4-9-15(13)19-11-10-18(2)17(19)16(12)14;1-14-8-6-7-11-16(14)17-18(2)12-13-19(17)15-9-4-3-5-10-15;12*1-2/h3*3-11H,1-2H3;3-11H,1-2H3;3-13H,1-2H3;12*1-2H3/q5*+1;;;;;;;;;;;;. The Balaban J connectivity index is 0.000000380. The van der Waals surface area contributed by atoms with Gasteiger partial charge in [0.15, 0.2) is 35.3 Å². The summed E-state index contributed by atoms with van der Waals surface area (Å²) in [4.78, 5) is 12.8. The van der Waals surface area contributed by atoms with Crippen LogP contribution in [0.5, 0.6) is 0 Å².